The first-order valence-corrected chi connectivity index (χ1v) is 5.33. The molecule has 2 rings (SSSR count). The van der Waals surface area contributed by atoms with Gasteiger partial charge >= 0.3 is 0 Å². The summed E-state index contributed by atoms with van der Waals surface area (Å²) in [6, 6.07) is -0.409. The molecule has 0 saturated heterocycles. The molecule has 0 bridgehead atoms. The van der Waals surface area contributed by atoms with Gasteiger partial charge in [-0.05, 0) is 13.8 Å². The van der Waals surface area contributed by atoms with Crippen LogP contribution >= 0.6 is 0 Å². The first-order chi connectivity index (χ1) is 8.45. The molecule has 1 aliphatic heterocycles. The lowest BCUT2D eigenvalue weighted by Gasteiger charge is -2.31. The zero-order chi connectivity index (χ0) is 13.4. The van der Waals surface area contributed by atoms with Crippen LogP contribution in [0.4, 0.5) is 17.5 Å². The maximum Gasteiger partial charge on any atom is 0.278 e. The van der Waals surface area contributed by atoms with Crippen LogP contribution in [-0.2, 0) is 4.79 Å². The fourth-order valence-electron chi connectivity index (χ4n) is 2.01. The highest BCUT2D eigenvalue weighted by molar-refractivity contribution is 5.89. The van der Waals surface area contributed by atoms with Gasteiger partial charge in [-0.25, -0.2) is 0 Å². The van der Waals surface area contributed by atoms with Crippen LogP contribution in [0.3, 0.4) is 0 Å². The van der Waals surface area contributed by atoms with Gasteiger partial charge in [0.1, 0.15) is 0 Å². The molecule has 2 heterocycles. The van der Waals surface area contributed by atoms with Crippen molar-refractivity contribution in [2.24, 2.45) is 5.73 Å². The Balaban J connectivity index is 2.69. The summed E-state index contributed by atoms with van der Waals surface area (Å²) in [7, 11) is 0. The zero-order valence-electron chi connectivity index (χ0n) is 10.0. The Labute approximate surface area is 103 Å². The molecule has 8 heteroatoms. The quantitative estimate of drug-likeness (QED) is 0.514. The third-order valence-electron chi connectivity index (χ3n) is 2.64. The largest absolute Gasteiger partial charge is 0.369 e. The summed E-state index contributed by atoms with van der Waals surface area (Å²) in [4.78, 5) is 30.6. The Morgan fingerprint density at radius 3 is 2.72 bits per heavy atom. The van der Waals surface area contributed by atoms with Crippen molar-refractivity contribution in [1.82, 2.24) is 9.97 Å². The summed E-state index contributed by atoms with van der Waals surface area (Å²) < 4.78 is 0. The molecule has 1 aliphatic rings. The number of hydrogen-bond acceptors (Lipinski definition) is 6. The second-order valence-electron chi connectivity index (χ2n) is 4.05. The van der Waals surface area contributed by atoms with Crippen LogP contribution in [-0.4, -0.2) is 22.4 Å². The summed E-state index contributed by atoms with van der Waals surface area (Å²) in [6.45, 7) is 3.47. The molecule has 1 atom stereocenters. The van der Waals surface area contributed by atoms with Crippen LogP contribution in [0, 0.1) is 0 Å². The van der Waals surface area contributed by atoms with Crippen molar-refractivity contribution >= 4 is 23.9 Å². The van der Waals surface area contributed by atoms with E-state index >= 15 is 0 Å². The Kier molecular flexibility index (Phi) is 2.79. The molecule has 0 saturated carbocycles. The zero-order valence-corrected chi connectivity index (χ0v) is 10.0. The predicted octanol–water partition coefficient (Wildman–Crippen LogP) is -0.681. The molecule has 1 aromatic rings. The van der Waals surface area contributed by atoms with Crippen molar-refractivity contribution in [2.75, 3.05) is 16.0 Å². The molecule has 0 fully saturated rings. The highest BCUT2D eigenvalue weighted by Crippen LogP contribution is 2.30. The number of allylic oxidation sites excluding steroid dienone is 1. The van der Waals surface area contributed by atoms with Gasteiger partial charge in [-0.15, -0.1) is 0 Å². The standard InChI is InChI=1S/C10H14N6O2/c1-4(11)6-5(2)13-8-7(16(6)3-17)9(18)15-10(12)14-8/h3-4H,11H2,1-2H3,(H4,12,13,14,15,18)/t4-/m1/s1. The minimum absolute atomic E-state index is 0.0193. The van der Waals surface area contributed by atoms with Crippen molar-refractivity contribution in [1.29, 1.82) is 0 Å². The number of fused-ring (bicyclic) bond motifs is 1. The van der Waals surface area contributed by atoms with Crippen LogP contribution in [0.1, 0.15) is 13.8 Å². The lowest BCUT2D eigenvalue weighted by molar-refractivity contribution is -0.107. The van der Waals surface area contributed by atoms with Gasteiger partial charge in [-0.3, -0.25) is 19.5 Å². The van der Waals surface area contributed by atoms with Crippen molar-refractivity contribution < 1.29 is 4.79 Å². The molecule has 8 nitrogen and oxygen atoms in total. The maximum absolute atomic E-state index is 11.8. The monoisotopic (exact) mass is 250 g/mol. The molecule has 0 aromatic carbocycles. The molecule has 0 radical (unpaired) electrons. The number of nitrogens with one attached hydrogen (secondary N) is 2. The number of anilines is 3. The number of aromatic amines is 1. The summed E-state index contributed by atoms with van der Waals surface area (Å²) in [6.07, 6.45) is 0.537. The van der Waals surface area contributed by atoms with Gasteiger partial charge in [-0.2, -0.15) is 4.98 Å². The van der Waals surface area contributed by atoms with Gasteiger partial charge in [0.25, 0.3) is 5.56 Å². The van der Waals surface area contributed by atoms with Crippen molar-refractivity contribution in [3.8, 4) is 0 Å². The SMILES string of the molecule is CC1=C([C@@H](C)N)N(C=O)c2c(nc(N)[nH]c2=O)N1. The first kappa shape index (κ1) is 12.1. The van der Waals surface area contributed by atoms with E-state index in [1.807, 2.05) is 0 Å². The van der Waals surface area contributed by atoms with Crippen LogP contribution in [0.2, 0.25) is 0 Å². The van der Waals surface area contributed by atoms with Crippen LogP contribution in [0.25, 0.3) is 0 Å². The van der Waals surface area contributed by atoms with Gasteiger partial charge in [-0.1, -0.05) is 0 Å². The van der Waals surface area contributed by atoms with E-state index in [1.54, 1.807) is 13.8 Å². The normalized spacial score (nSPS) is 16.1. The van der Waals surface area contributed by atoms with E-state index in [0.29, 0.717) is 17.8 Å². The number of nitrogens with zero attached hydrogens (tertiary/aromatic N) is 2. The third-order valence-corrected chi connectivity index (χ3v) is 2.64. The van der Waals surface area contributed by atoms with Crippen molar-refractivity contribution in [3.63, 3.8) is 0 Å². The van der Waals surface area contributed by atoms with Gasteiger partial charge < -0.3 is 16.8 Å². The minimum Gasteiger partial charge on any atom is -0.369 e. The van der Waals surface area contributed by atoms with E-state index < -0.39 is 11.6 Å². The molecular weight excluding hydrogens is 236 g/mol. The Morgan fingerprint density at radius 2 is 2.17 bits per heavy atom. The smallest absolute Gasteiger partial charge is 0.278 e. The number of hydrogen-bond donors (Lipinski definition) is 4. The molecule has 0 aliphatic carbocycles. The number of carbonyl (C=O) groups is 1. The van der Waals surface area contributed by atoms with Crippen LogP contribution < -0.4 is 27.2 Å². The topological polar surface area (TPSA) is 130 Å². The fourth-order valence-corrected chi connectivity index (χ4v) is 2.01. The highest BCUT2D eigenvalue weighted by Gasteiger charge is 2.29. The van der Waals surface area contributed by atoms with E-state index in [4.69, 9.17) is 11.5 Å². The second kappa shape index (κ2) is 4.15. The van der Waals surface area contributed by atoms with Gasteiger partial charge in [0.2, 0.25) is 12.4 Å². The number of rotatable bonds is 2. The Morgan fingerprint density at radius 1 is 1.50 bits per heavy atom. The lowest BCUT2D eigenvalue weighted by atomic mass is 10.1. The molecule has 1 aromatic heterocycles. The molecule has 6 N–H and O–H groups in total. The number of aromatic nitrogens is 2. The van der Waals surface area contributed by atoms with Crippen molar-refractivity contribution in [3.05, 3.63) is 21.7 Å². The molecule has 0 spiro atoms. The van der Waals surface area contributed by atoms with E-state index in [0.717, 1.165) is 0 Å². The molecule has 0 unspecified atom stereocenters. The number of H-pyrrole nitrogens is 1. The van der Waals surface area contributed by atoms with Gasteiger partial charge in [0, 0.05) is 11.7 Å². The van der Waals surface area contributed by atoms with E-state index in [2.05, 4.69) is 15.3 Å². The Hall–Kier alpha value is -2.35. The minimum atomic E-state index is -0.497. The highest BCUT2D eigenvalue weighted by atomic mass is 16.1. The number of carbonyl (C=O) groups excluding carboxylic acids is 1. The Bertz CT molecular complexity index is 589. The van der Waals surface area contributed by atoms with E-state index in [9.17, 15) is 9.59 Å². The maximum atomic E-state index is 11.8. The second-order valence-corrected chi connectivity index (χ2v) is 4.05. The fraction of sp³-hybridized carbons (Fsp3) is 0.300. The lowest BCUT2D eigenvalue weighted by Crippen LogP contribution is -2.40. The molecule has 96 valence electrons. The van der Waals surface area contributed by atoms with Crippen LogP contribution in [0.5, 0.6) is 0 Å². The summed E-state index contributed by atoms with van der Waals surface area (Å²) >= 11 is 0. The molecule has 1 amide bonds. The van der Waals surface area contributed by atoms with E-state index in [-0.39, 0.29) is 17.5 Å². The number of amides is 1. The van der Waals surface area contributed by atoms with Gasteiger partial charge in [0.05, 0.1) is 5.70 Å². The van der Waals surface area contributed by atoms with Crippen molar-refractivity contribution in [2.45, 2.75) is 19.9 Å². The van der Waals surface area contributed by atoms with Crippen LogP contribution in [0.15, 0.2) is 16.2 Å². The summed E-state index contributed by atoms with van der Waals surface area (Å²) in [5.41, 5.74) is 12.0. The third kappa shape index (κ3) is 1.72. The number of nitrogens with two attached hydrogens (primary N) is 2. The van der Waals surface area contributed by atoms with Gasteiger partial charge in [0.15, 0.2) is 11.5 Å². The average molecular weight is 250 g/mol. The summed E-state index contributed by atoms with van der Waals surface area (Å²) in [5, 5.41) is 2.93. The average Bonchev–Trinajstić information content (AvgIpc) is 2.25. The predicted molar refractivity (Wildman–Crippen MR) is 67.8 cm³/mol. The summed E-state index contributed by atoms with van der Waals surface area (Å²) in [5.74, 6) is 0.222. The number of nitrogen functional groups attached to an aromatic ring is 1. The molecular formula is C10H14N6O2. The molecule has 18 heavy (non-hydrogen) atoms. The van der Waals surface area contributed by atoms with E-state index in [1.165, 1.54) is 4.90 Å². The first-order valence-electron chi connectivity index (χ1n) is 5.33.